The van der Waals surface area contributed by atoms with Crippen LogP contribution in [0.25, 0.3) is 0 Å². The Bertz CT molecular complexity index is 638. The fourth-order valence-electron chi connectivity index (χ4n) is 3.68. The van der Waals surface area contributed by atoms with Crippen LogP contribution in [-0.4, -0.2) is 47.8 Å². The fraction of sp³-hybridized carbons (Fsp3) is 0.619. The Labute approximate surface area is 156 Å². The van der Waals surface area contributed by atoms with Gasteiger partial charge in [0.25, 0.3) is 0 Å². The Balaban J connectivity index is 1.57. The van der Waals surface area contributed by atoms with Gasteiger partial charge in [0.15, 0.2) is 0 Å². The van der Waals surface area contributed by atoms with E-state index in [-0.39, 0.29) is 23.7 Å². The number of carbonyl (C=O) groups excluding carboxylic acids is 2. The normalized spacial score (nSPS) is 20.3. The number of hydrogen-bond acceptors (Lipinski definition) is 3. The van der Waals surface area contributed by atoms with Gasteiger partial charge in [-0.3, -0.25) is 14.5 Å². The third kappa shape index (κ3) is 4.85. The maximum absolute atomic E-state index is 12.7. The first-order valence-electron chi connectivity index (χ1n) is 10.0. The van der Waals surface area contributed by atoms with Crippen LogP contribution in [-0.2, 0) is 16.1 Å². The predicted molar refractivity (Wildman–Crippen MR) is 104 cm³/mol. The molecule has 1 aromatic carbocycles. The average molecular weight is 357 g/mol. The molecule has 3 rings (SSSR count). The minimum Gasteiger partial charge on any atom is -0.342 e. The minimum absolute atomic E-state index is 0.0401. The van der Waals surface area contributed by atoms with Crippen LogP contribution in [0.2, 0.25) is 0 Å². The van der Waals surface area contributed by atoms with E-state index in [9.17, 15) is 9.59 Å². The highest BCUT2D eigenvalue weighted by atomic mass is 16.2. The smallest absolute Gasteiger partial charge is 0.229 e. The molecular formula is C21H31N3O2. The van der Waals surface area contributed by atoms with Crippen molar-refractivity contribution in [3.63, 3.8) is 0 Å². The second-order valence-corrected chi connectivity index (χ2v) is 7.55. The summed E-state index contributed by atoms with van der Waals surface area (Å²) in [7, 11) is 0. The largest absolute Gasteiger partial charge is 0.342 e. The Morgan fingerprint density at radius 2 is 1.92 bits per heavy atom. The van der Waals surface area contributed by atoms with Gasteiger partial charge in [0, 0.05) is 31.2 Å². The first-order valence-corrected chi connectivity index (χ1v) is 10.0. The van der Waals surface area contributed by atoms with Crippen LogP contribution >= 0.6 is 0 Å². The highest BCUT2D eigenvalue weighted by Gasteiger charge is 2.36. The summed E-state index contributed by atoms with van der Waals surface area (Å²) in [4.78, 5) is 29.2. The summed E-state index contributed by atoms with van der Waals surface area (Å²) in [6.07, 6.45) is 3.81. The maximum atomic E-state index is 12.7. The Kier molecular flexibility index (Phi) is 6.30. The lowest BCUT2D eigenvalue weighted by atomic mass is 9.96. The SMILES string of the molecule is CCN(CC)Cc1cccc(NC(=O)C2CCCN(C(=O)C3CC3)C2)c1. The Morgan fingerprint density at radius 3 is 2.62 bits per heavy atom. The van der Waals surface area contributed by atoms with Crippen LogP contribution < -0.4 is 5.32 Å². The first-order chi connectivity index (χ1) is 12.6. The Morgan fingerprint density at radius 1 is 1.15 bits per heavy atom. The molecule has 0 aromatic heterocycles. The number of hydrogen-bond donors (Lipinski definition) is 1. The highest BCUT2D eigenvalue weighted by Crippen LogP contribution is 2.32. The van der Waals surface area contributed by atoms with Crippen LogP contribution in [0.5, 0.6) is 0 Å². The van der Waals surface area contributed by atoms with Crippen LogP contribution in [0.3, 0.4) is 0 Å². The van der Waals surface area contributed by atoms with E-state index in [1.807, 2.05) is 17.0 Å². The number of anilines is 1. The molecule has 0 radical (unpaired) electrons. The zero-order chi connectivity index (χ0) is 18.5. The first kappa shape index (κ1) is 18.9. The van der Waals surface area contributed by atoms with Crippen molar-refractivity contribution >= 4 is 17.5 Å². The molecule has 5 nitrogen and oxygen atoms in total. The molecule has 1 saturated heterocycles. The molecular weight excluding hydrogens is 326 g/mol. The van der Waals surface area contributed by atoms with Crippen molar-refractivity contribution in [1.82, 2.24) is 9.80 Å². The van der Waals surface area contributed by atoms with Crippen LogP contribution in [0, 0.1) is 11.8 Å². The summed E-state index contributed by atoms with van der Waals surface area (Å²) in [6.45, 7) is 8.61. The topological polar surface area (TPSA) is 52.7 Å². The molecule has 1 saturated carbocycles. The molecule has 1 aromatic rings. The van der Waals surface area contributed by atoms with Gasteiger partial charge < -0.3 is 10.2 Å². The number of carbonyl (C=O) groups is 2. The van der Waals surface area contributed by atoms with E-state index in [1.165, 1.54) is 5.56 Å². The third-order valence-electron chi connectivity index (χ3n) is 5.53. The molecule has 2 aliphatic rings. The molecule has 26 heavy (non-hydrogen) atoms. The number of amides is 2. The number of nitrogens with zero attached hydrogens (tertiary/aromatic N) is 2. The van der Waals surface area contributed by atoms with Crippen molar-refractivity contribution in [3.05, 3.63) is 29.8 Å². The van der Waals surface area contributed by atoms with Crippen molar-refractivity contribution in [2.45, 2.75) is 46.1 Å². The molecule has 1 unspecified atom stereocenters. The molecule has 1 heterocycles. The summed E-state index contributed by atoms with van der Waals surface area (Å²) in [6, 6.07) is 8.11. The van der Waals surface area contributed by atoms with Crippen molar-refractivity contribution in [1.29, 1.82) is 0 Å². The number of nitrogens with one attached hydrogen (secondary N) is 1. The summed E-state index contributed by atoms with van der Waals surface area (Å²) >= 11 is 0. The molecule has 1 aliphatic carbocycles. The molecule has 0 spiro atoms. The van der Waals surface area contributed by atoms with Gasteiger partial charge in [-0.05, 0) is 56.5 Å². The zero-order valence-corrected chi connectivity index (χ0v) is 16.0. The van der Waals surface area contributed by atoms with Crippen molar-refractivity contribution in [2.24, 2.45) is 11.8 Å². The van der Waals surface area contributed by atoms with Crippen LogP contribution in [0.4, 0.5) is 5.69 Å². The molecule has 5 heteroatoms. The molecule has 0 bridgehead atoms. The van der Waals surface area contributed by atoms with E-state index in [0.717, 1.165) is 57.5 Å². The molecule has 1 N–H and O–H groups in total. The summed E-state index contributed by atoms with van der Waals surface area (Å²) in [5.41, 5.74) is 2.06. The van der Waals surface area contributed by atoms with Crippen molar-refractivity contribution in [3.8, 4) is 0 Å². The van der Waals surface area contributed by atoms with Gasteiger partial charge in [0.1, 0.15) is 0 Å². The number of benzene rings is 1. The fourth-order valence-corrected chi connectivity index (χ4v) is 3.68. The molecule has 2 fully saturated rings. The minimum atomic E-state index is -0.0992. The van der Waals surface area contributed by atoms with Crippen molar-refractivity contribution < 1.29 is 9.59 Å². The maximum Gasteiger partial charge on any atom is 0.229 e. The quantitative estimate of drug-likeness (QED) is 0.816. The van der Waals surface area contributed by atoms with Gasteiger partial charge >= 0.3 is 0 Å². The summed E-state index contributed by atoms with van der Waals surface area (Å²) in [5.74, 6) is 0.425. The van der Waals surface area contributed by atoms with Gasteiger partial charge in [-0.2, -0.15) is 0 Å². The lowest BCUT2D eigenvalue weighted by molar-refractivity contribution is -0.135. The Hall–Kier alpha value is -1.88. The lowest BCUT2D eigenvalue weighted by Crippen LogP contribution is -2.44. The molecule has 142 valence electrons. The molecule has 2 amide bonds. The van der Waals surface area contributed by atoms with E-state index < -0.39 is 0 Å². The number of likely N-dealkylation sites (tertiary alicyclic amines) is 1. The van der Waals surface area contributed by atoms with Gasteiger partial charge in [-0.15, -0.1) is 0 Å². The van der Waals surface area contributed by atoms with Gasteiger partial charge in [-0.1, -0.05) is 26.0 Å². The average Bonchev–Trinajstić information content (AvgIpc) is 3.51. The van der Waals surface area contributed by atoms with E-state index in [0.29, 0.717) is 6.54 Å². The van der Waals surface area contributed by atoms with E-state index in [1.54, 1.807) is 0 Å². The highest BCUT2D eigenvalue weighted by molar-refractivity contribution is 5.93. The summed E-state index contributed by atoms with van der Waals surface area (Å²) in [5, 5.41) is 3.07. The number of rotatable bonds is 7. The second-order valence-electron chi connectivity index (χ2n) is 7.55. The van der Waals surface area contributed by atoms with E-state index in [2.05, 4.69) is 36.2 Å². The van der Waals surface area contributed by atoms with E-state index in [4.69, 9.17) is 0 Å². The number of piperidine rings is 1. The van der Waals surface area contributed by atoms with Gasteiger partial charge in [0.2, 0.25) is 11.8 Å². The van der Waals surface area contributed by atoms with Crippen LogP contribution in [0.15, 0.2) is 24.3 Å². The van der Waals surface area contributed by atoms with Crippen molar-refractivity contribution in [2.75, 3.05) is 31.5 Å². The molecule has 1 atom stereocenters. The monoisotopic (exact) mass is 357 g/mol. The second kappa shape index (κ2) is 8.67. The third-order valence-corrected chi connectivity index (χ3v) is 5.53. The van der Waals surface area contributed by atoms with E-state index >= 15 is 0 Å². The zero-order valence-electron chi connectivity index (χ0n) is 16.0. The van der Waals surface area contributed by atoms with Gasteiger partial charge in [0.05, 0.1) is 5.92 Å². The lowest BCUT2D eigenvalue weighted by Gasteiger charge is -2.32. The molecule has 1 aliphatic heterocycles. The standard InChI is InChI=1S/C21H31N3O2/c1-3-23(4-2)14-16-7-5-9-19(13-16)22-20(25)18-8-6-12-24(15-18)21(26)17-10-11-17/h5,7,9,13,17-18H,3-4,6,8,10-12,14-15H2,1-2H3,(H,22,25). The summed E-state index contributed by atoms with van der Waals surface area (Å²) < 4.78 is 0. The van der Waals surface area contributed by atoms with Gasteiger partial charge in [-0.25, -0.2) is 0 Å². The predicted octanol–water partition coefficient (Wildman–Crippen LogP) is 3.12. The van der Waals surface area contributed by atoms with Crippen LogP contribution in [0.1, 0.15) is 45.1 Å².